The van der Waals surface area contributed by atoms with E-state index in [1.807, 2.05) is 13.8 Å². The zero-order chi connectivity index (χ0) is 45.3. The van der Waals surface area contributed by atoms with Gasteiger partial charge in [-0.2, -0.15) is 0 Å². The number of hydrogen-bond donors (Lipinski definition) is 0. The highest BCUT2D eigenvalue weighted by Gasteiger charge is 2.20. The highest BCUT2D eigenvalue weighted by molar-refractivity contribution is 6.26. The van der Waals surface area contributed by atoms with E-state index < -0.39 is 0 Å². The van der Waals surface area contributed by atoms with Crippen molar-refractivity contribution in [3.8, 4) is 44.5 Å². The maximum atomic E-state index is 2.47. The zero-order valence-electron chi connectivity index (χ0n) is 38.1. The lowest BCUT2D eigenvalue weighted by Crippen LogP contribution is -1.92. The van der Waals surface area contributed by atoms with Crippen LogP contribution >= 0.6 is 0 Å². The molecule has 0 fully saturated rings. The quantitative estimate of drug-likeness (QED) is 0.122. The molecule has 0 amide bonds. The molecule has 0 aliphatic carbocycles. The van der Waals surface area contributed by atoms with Crippen LogP contribution in [0.4, 0.5) is 0 Å². The SMILES string of the molecule is CC.c1ccc2cc(-c3c4ccccc4c(-c4ccc5ccc6ccc7ccc(-c8c9ccccc9c(-c9ccc%10ccccc%10c9)c9ccccc89)cc7c6c5c4)c4ccccc34)ccc2c1. The Hall–Kier alpha value is -8.58. The van der Waals surface area contributed by atoms with Gasteiger partial charge < -0.3 is 0 Å². The molecule has 0 aromatic heterocycles. The van der Waals surface area contributed by atoms with Crippen molar-refractivity contribution in [3.05, 3.63) is 243 Å². The third-order valence-corrected chi connectivity index (χ3v) is 14.3. The van der Waals surface area contributed by atoms with E-state index in [0.29, 0.717) is 0 Å². The highest BCUT2D eigenvalue weighted by Crippen LogP contribution is 2.48. The monoisotopic (exact) mass is 862 g/mol. The second-order valence-electron chi connectivity index (χ2n) is 17.9. The van der Waals surface area contributed by atoms with E-state index in [1.54, 1.807) is 0 Å². The van der Waals surface area contributed by atoms with Crippen molar-refractivity contribution in [2.24, 2.45) is 0 Å². The molecule has 0 nitrogen and oxygen atoms in total. The van der Waals surface area contributed by atoms with Crippen LogP contribution in [-0.2, 0) is 0 Å². The average Bonchev–Trinajstić information content (AvgIpc) is 3.41. The van der Waals surface area contributed by atoms with Crippen LogP contribution in [0.25, 0.3) is 141 Å². The molecule has 0 heterocycles. The summed E-state index contributed by atoms with van der Waals surface area (Å²) in [7, 11) is 0. The molecule has 0 N–H and O–H groups in total. The second kappa shape index (κ2) is 16.1. The van der Waals surface area contributed by atoms with Gasteiger partial charge in [-0.15, -0.1) is 0 Å². The minimum absolute atomic E-state index is 1.22. The van der Waals surface area contributed by atoms with Gasteiger partial charge in [-0.05, 0) is 166 Å². The molecule has 0 heteroatoms. The van der Waals surface area contributed by atoms with Crippen molar-refractivity contribution in [1.82, 2.24) is 0 Å². The first-order chi connectivity index (χ1) is 33.7. The minimum atomic E-state index is 1.22. The van der Waals surface area contributed by atoms with Gasteiger partial charge >= 0.3 is 0 Å². The van der Waals surface area contributed by atoms with Gasteiger partial charge in [-0.25, -0.2) is 0 Å². The third kappa shape index (κ3) is 6.22. The molecule has 14 rings (SSSR count). The Bertz CT molecular complexity index is 3950. The maximum Gasteiger partial charge on any atom is -0.00261 e. The third-order valence-electron chi connectivity index (χ3n) is 14.3. The Kier molecular flexibility index (Phi) is 9.41. The summed E-state index contributed by atoms with van der Waals surface area (Å²) >= 11 is 0. The zero-order valence-corrected chi connectivity index (χ0v) is 38.1. The predicted octanol–water partition coefficient (Wildman–Crippen LogP) is 19.8. The van der Waals surface area contributed by atoms with Gasteiger partial charge in [0.15, 0.2) is 0 Å². The summed E-state index contributed by atoms with van der Waals surface area (Å²) in [6.45, 7) is 4.00. The van der Waals surface area contributed by atoms with E-state index in [2.05, 4.69) is 243 Å². The fourth-order valence-electron chi connectivity index (χ4n) is 11.4. The number of fused-ring (bicyclic) bond motifs is 11. The van der Waals surface area contributed by atoms with Crippen LogP contribution in [0.5, 0.6) is 0 Å². The van der Waals surface area contributed by atoms with Crippen molar-refractivity contribution in [2.45, 2.75) is 13.8 Å². The van der Waals surface area contributed by atoms with Crippen LogP contribution < -0.4 is 0 Å². The van der Waals surface area contributed by atoms with Crippen molar-refractivity contribution < 1.29 is 0 Å². The van der Waals surface area contributed by atoms with Crippen molar-refractivity contribution in [1.29, 1.82) is 0 Å². The van der Waals surface area contributed by atoms with Crippen LogP contribution in [0, 0.1) is 0 Å². The van der Waals surface area contributed by atoms with Gasteiger partial charge in [0.2, 0.25) is 0 Å². The first kappa shape index (κ1) is 39.8. The van der Waals surface area contributed by atoms with Gasteiger partial charge in [0.05, 0.1) is 0 Å². The van der Waals surface area contributed by atoms with Gasteiger partial charge in [-0.1, -0.05) is 232 Å². The summed E-state index contributed by atoms with van der Waals surface area (Å²) in [4.78, 5) is 0. The lowest BCUT2D eigenvalue weighted by molar-refractivity contribution is 1.50. The largest absolute Gasteiger partial charge is 0.0683 e. The van der Waals surface area contributed by atoms with E-state index in [4.69, 9.17) is 0 Å². The molecular formula is C68H46. The molecule has 0 aliphatic rings. The van der Waals surface area contributed by atoms with Crippen molar-refractivity contribution in [2.75, 3.05) is 0 Å². The van der Waals surface area contributed by atoms with Crippen LogP contribution in [0.2, 0.25) is 0 Å². The second-order valence-corrected chi connectivity index (χ2v) is 17.9. The Labute approximate surface area is 396 Å². The molecule has 14 aromatic rings. The molecule has 0 atom stereocenters. The molecular weight excluding hydrogens is 817 g/mol. The van der Waals surface area contributed by atoms with Gasteiger partial charge in [0.1, 0.15) is 0 Å². The van der Waals surface area contributed by atoms with Crippen LogP contribution in [0.1, 0.15) is 13.8 Å². The Morgan fingerprint density at radius 2 is 0.412 bits per heavy atom. The number of rotatable bonds is 4. The molecule has 68 heavy (non-hydrogen) atoms. The normalized spacial score (nSPS) is 11.7. The topological polar surface area (TPSA) is 0 Å². The summed E-state index contributed by atoms with van der Waals surface area (Å²) in [6, 6.07) is 90.6. The maximum absolute atomic E-state index is 2.47. The minimum Gasteiger partial charge on any atom is -0.0683 e. The summed E-state index contributed by atoms with van der Waals surface area (Å²) in [5.74, 6) is 0. The Morgan fingerprint density at radius 1 is 0.176 bits per heavy atom. The van der Waals surface area contributed by atoms with E-state index >= 15 is 0 Å². The van der Waals surface area contributed by atoms with Gasteiger partial charge in [-0.3, -0.25) is 0 Å². The van der Waals surface area contributed by atoms with Crippen LogP contribution in [0.3, 0.4) is 0 Å². The molecule has 0 bridgehead atoms. The number of benzene rings is 14. The lowest BCUT2D eigenvalue weighted by Gasteiger charge is -2.19. The Morgan fingerprint density at radius 3 is 0.735 bits per heavy atom. The summed E-state index contributed by atoms with van der Waals surface area (Å²) < 4.78 is 0. The van der Waals surface area contributed by atoms with Crippen LogP contribution in [-0.4, -0.2) is 0 Å². The highest BCUT2D eigenvalue weighted by atomic mass is 14.2. The Balaban J connectivity index is 0.00000226. The molecule has 0 spiro atoms. The summed E-state index contributed by atoms with van der Waals surface area (Å²) in [5, 5.41) is 22.7. The lowest BCUT2D eigenvalue weighted by atomic mass is 9.84. The standard InChI is InChI=1S/C66H40.C2H6/c1-3-15-46-37-48(33-25-41(46)13-1)63-52-17-5-9-21-56(52)65(57-22-10-6-18-53(57)63)50-35-29-43-27-31-45-32-28-44-30-36-51(40-61(44)62(45)60(43)39-50)66-58-23-11-7-19-54(58)64(55-20-8-12-24-59(55)66)49-34-26-42-14-2-4-16-47(42)38-49;1-2/h1-40H;1-2H3. The molecule has 0 radical (unpaired) electrons. The fraction of sp³-hybridized carbons (Fsp3) is 0.0294. The first-order valence-corrected chi connectivity index (χ1v) is 24.0. The number of hydrogen-bond acceptors (Lipinski definition) is 0. The predicted molar refractivity (Wildman–Crippen MR) is 297 cm³/mol. The van der Waals surface area contributed by atoms with Crippen molar-refractivity contribution >= 4 is 97.0 Å². The van der Waals surface area contributed by atoms with Crippen molar-refractivity contribution in [3.63, 3.8) is 0 Å². The molecule has 14 aromatic carbocycles. The van der Waals surface area contributed by atoms with Gasteiger partial charge in [0.25, 0.3) is 0 Å². The molecule has 318 valence electrons. The molecule has 0 saturated carbocycles. The fourth-order valence-corrected chi connectivity index (χ4v) is 11.4. The van der Waals surface area contributed by atoms with E-state index in [9.17, 15) is 0 Å². The summed E-state index contributed by atoms with van der Waals surface area (Å²) in [5.41, 5.74) is 10.0. The first-order valence-electron chi connectivity index (χ1n) is 24.0. The smallest absolute Gasteiger partial charge is 0.00261 e. The van der Waals surface area contributed by atoms with E-state index in [0.717, 1.165) is 0 Å². The van der Waals surface area contributed by atoms with Crippen LogP contribution in [0.15, 0.2) is 243 Å². The molecule has 0 aliphatic heterocycles. The average molecular weight is 863 g/mol. The molecule has 0 unspecified atom stereocenters. The molecule has 0 saturated heterocycles. The van der Waals surface area contributed by atoms with E-state index in [1.165, 1.54) is 141 Å². The summed E-state index contributed by atoms with van der Waals surface area (Å²) in [6.07, 6.45) is 0. The van der Waals surface area contributed by atoms with E-state index in [-0.39, 0.29) is 0 Å². The van der Waals surface area contributed by atoms with Gasteiger partial charge in [0, 0.05) is 0 Å².